The van der Waals surface area contributed by atoms with Crippen molar-refractivity contribution in [3.8, 4) is 11.5 Å². The molecule has 2 aliphatic heterocycles. The highest BCUT2D eigenvalue weighted by atomic mass is 16.5. The van der Waals surface area contributed by atoms with Crippen molar-refractivity contribution >= 4 is 23.4 Å². The van der Waals surface area contributed by atoms with Gasteiger partial charge in [-0.05, 0) is 49.1 Å². The minimum absolute atomic E-state index is 0.00116. The van der Waals surface area contributed by atoms with Crippen LogP contribution in [-0.4, -0.2) is 62.5 Å². The fourth-order valence-corrected chi connectivity index (χ4v) is 4.78. The first-order valence-corrected chi connectivity index (χ1v) is 12.1. The minimum atomic E-state index is -0.376. The molecule has 2 aromatic rings. The van der Waals surface area contributed by atoms with Crippen LogP contribution in [0, 0.1) is 5.92 Å². The molecule has 0 saturated carbocycles. The van der Waals surface area contributed by atoms with Crippen LogP contribution in [0.1, 0.15) is 42.1 Å². The highest BCUT2D eigenvalue weighted by Gasteiger charge is 2.38. The number of methoxy groups -OCH3 is 2. The normalized spacial score (nSPS) is 18.5. The SMILES string of the molecule is CCc1ccc(C(=O)NC2CCN(C(=O)[C@@H]3CC(=O)N(c4ccc(OC)c(OC)c4)C3)CC2)cc1. The molecule has 2 heterocycles. The van der Waals surface area contributed by atoms with Crippen molar-refractivity contribution in [2.24, 2.45) is 5.92 Å². The molecule has 3 amide bonds. The van der Waals surface area contributed by atoms with Crippen LogP contribution < -0.4 is 19.7 Å². The highest BCUT2D eigenvalue weighted by Crippen LogP contribution is 2.34. The zero-order valence-corrected chi connectivity index (χ0v) is 20.6. The summed E-state index contributed by atoms with van der Waals surface area (Å²) in [6.07, 6.45) is 2.53. The Hall–Kier alpha value is -3.55. The smallest absolute Gasteiger partial charge is 0.251 e. The lowest BCUT2D eigenvalue weighted by Crippen LogP contribution is -2.48. The van der Waals surface area contributed by atoms with E-state index >= 15 is 0 Å². The van der Waals surface area contributed by atoms with Crippen LogP contribution in [0.4, 0.5) is 5.69 Å². The van der Waals surface area contributed by atoms with Crippen molar-refractivity contribution in [2.45, 2.75) is 38.6 Å². The number of piperidine rings is 1. The number of nitrogens with one attached hydrogen (secondary N) is 1. The number of amides is 3. The summed E-state index contributed by atoms with van der Waals surface area (Å²) >= 11 is 0. The number of carbonyl (C=O) groups is 3. The molecule has 2 fully saturated rings. The van der Waals surface area contributed by atoms with Gasteiger partial charge in [-0.2, -0.15) is 0 Å². The number of anilines is 1. The van der Waals surface area contributed by atoms with Crippen LogP contribution in [0.25, 0.3) is 0 Å². The Morgan fingerprint density at radius 2 is 1.69 bits per heavy atom. The second-order valence-electron chi connectivity index (χ2n) is 9.07. The minimum Gasteiger partial charge on any atom is -0.493 e. The molecule has 35 heavy (non-hydrogen) atoms. The van der Waals surface area contributed by atoms with Gasteiger partial charge in [0.25, 0.3) is 5.91 Å². The molecule has 0 spiro atoms. The zero-order chi connectivity index (χ0) is 24.9. The van der Waals surface area contributed by atoms with E-state index in [4.69, 9.17) is 9.47 Å². The molecule has 8 nitrogen and oxygen atoms in total. The van der Waals surface area contributed by atoms with Crippen molar-refractivity contribution in [2.75, 3.05) is 38.8 Å². The van der Waals surface area contributed by atoms with Crippen LogP contribution in [0.2, 0.25) is 0 Å². The molecule has 1 atom stereocenters. The summed E-state index contributed by atoms with van der Waals surface area (Å²) in [4.78, 5) is 41.9. The molecule has 0 bridgehead atoms. The van der Waals surface area contributed by atoms with Crippen LogP contribution in [0.5, 0.6) is 11.5 Å². The fourth-order valence-electron chi connectivity index (χ4n) is 4.78. The van der Waals surface area contributed by atoms with E-state index in [1.54, 1.807) is 37.3 Å². The van der Waals surface area contributed by atoms with Crippen LogP contribution in [-0.2, 0) is 16.0 Å². The molecule has 1 N–H and O–H groups in total. The number of hydrogen-bond donors (Lipinski definition) is 1. The number of rotatable bonds is 7. The van der Waals surface area contributed by atoms with Gasteiger partial charge in [-0.25, -0.2) is 0 Å². The average Bonchev–Trinajstić information content (AvgIpc) is 3.29. The fraction of sp³-hybridized carbons (Fsp3) is 0.444. The van der Waals surface area contributed by atoms with E-state index in [0.717, 1.165) is 6.42 Å². The lowest BCUT2D eigenvalue weighted by atomic mass is 10.0. The molecule has 2 saturated heterocycles. The Labute approximate surface area is 206 Å². The highest BCUT2D eigenvalue weighted by molar-refractivity contribution is 6.00. The number of hydrogen-bond acceptors (Lipinski definition) is 5. The largest absolute Gasteiger partial charge is 0.493 e. The molecule has 0 aromatic heterocycles. The Balaban J connectivity index is 1.30. The first-order valence-electron chi connectivity index (χ1n) is 12.1. The van der Waals surface area contributed by atoms with Gasteiger partial charge in [0.05, 0.1) is 20.1 Å². The first kappa shape index (κ1) is 24.6. The van der Waals surface area contributed by atoms with E-state index in [1.807, 2.05) is 29.2 Å². The van der Waals surface area contributed by atoms with Crippen LogP contribution in [0.15, 0.2) is 42.5 Å². The van der Waals surface area contributed by atoms with Crippen LogP contribution >= 0.6 is 0 Å². The molecular weight excluding hydrogens is 446 g/mol. The predicted molar refractivity (Wildman–Crippen MR) is 133 cm³/mol. The first-order chi connectivity index (χ1) is 16.9. The van der Waals surface area contributed by atoms with Gasteiger partial charge in [0.2, 0.25) is 11.8 Å². The summed E-state index contributed by atoms with van der Waals surface area (Å²) in [5, 5.41) is 3.10. The summed E-state index contributed by atoms with van der Waals surface area (Å²) in [6.45, 7) is 3.57. The molecule has 2 aromatic carbocycles. The summed E-state index contributed by atoms with van der Waals surface area (Å²) < 4.78 is 10.6. The van der Waals surface area contributed by atoms with E-state index in [9.17, 15) is 14.4 Å². The second-order valence-corrected chi connectivity index (χ2v) is 9.07. The van der Waals surface area contributed by atoms with Gasteiger partial charge in [-0.15, -0.1) is 0 Å². The monoisotopic (exact) mass is 479 g/mol. The van der Waals surface area contributed by atoms with Crippen molar-refractivity contribution in [1.82, 2.24) is 10.2 Å². The van der Waals surface area contributed by atoms with E-state index in [1.165, 1.54) is 5.56 Å². The topological polar surface area (TPSA) is 88.2 Å². The van der Waals surface area contributed by atoms with Crippen molar-refractivity contribution in [3.05, 3.63) is 53.6 Å². The van der Waals surface area contributed by atoms with Gasteiger partial charge >= 0.3 is 0 Å². The number of carbonyl (C=O) groups excluding carboxylic acids is 3. The van der Waals surface area contributed by atoms with Crippen molar-refractivity contribution in [1.29, 1.82) is 0 Å². The molecule has 4 rings (SSSR count). The van der Waals surface area contributed by atoms with E-state index in [0.29, 0.717) is 55.2 Å². The second kappa shape index (κ2) is 10.8. The van der Waals surface area contributed by atoms with Gasteiger partial charge < -0.3 is 24.6 Å². The summed E-state index contributed by atoms with van der Waals surface area (Å²) in [5.41, 5.74) is 2.54. The van der Waals surface area contributed by atoms with E-state index in [2.05, 4.69) is 12.2 Å². The van der Waals surface area contributed by atoms with Gasteiger partial charge in [-0.3, -0.25) is 14.4 Å². The number of aryl methyl sites for hydroxylation is 1. The Morgan fingerprint density at radius 3 is 2.31 bits per heavy atom. The maximum atomic E-state index is 13.2. The standard InChI is InChI=1S/C27H33N3O5/c1-4-18-5-7-19(8-6-18)26(32)28-21-11-13-29(14-12-21)27(33)20-15-25(31)30(17-20)22-9-10-23(34-2)24(16-22)35-3/h5-10,16,20-21H,4,11-15,17H2,1-3H3,(H,28,32)/t20-/m1/s1. The molecule has 2 aliphatic rings. The van der Waals surface area contributed by atoms with Crippen molar-refractivity contribution in [3.63, 3.8) is 0 Å². The number of ether oxygens (including phenoxy) is 2. The maximum Gasteiger partial charge on any atom is 0.251 e. The third-order valence-electron chi connectivity index (χ3n) is 6.92. The van der Waals surface area contributed by atoms with E-state index in [-0.39, 0.29) is 36.1 Å². The third-order valence-corrected chi connectivity index (χ3v) is 6.92. The Morgan fingerprint density at radius 1 is 1.00 bits per heavy atom. The molecule has 8 heteroatoms. The Bertz CT molecular complexity index is 1080. The van der Waals surface area contributed by atoms with Gasteiger partial charge in [0.15, 0.2) is 11.5 Å². The third kappa shape index (κ3) is 5.42. The molecule has 0 unspecified atom stereocenters. The van der Waals surface area contributed by atoms with Gasteiger partial charge in [0, 0.05) is 49.4 Å². The molecule has 0 aliphatic carbocycles. The average molecular weight is 480 g/mol. The summed E-state index contributed by atoms with van der Waals surface area (Å²) in [7, 11) is 3.11. The van der Waals surface area contributed by atoms with Gasteiger partial charge in [-0.1, -0.05) is 19.1 Å². The number of benzene rings is 2. The maximum absolute atomic E-state index is 13.2. The lowest BCUT2D eigenvalue weighted by molar-refractivity contribution is -0.136. The number of likely N-dealkylation sites (tertiary alicyclic amines) is 1. The van der Waals surface area contributed by atoms with Crippen LogP contribution in [0.3, 0.4) is 0 Å². The zero-order valence-electron chi connectivity index (χ0n) is 20.6. The van der Waals surface area contributed by atoms with Gasteiger partial charge in [0.1, 0.15) is 0 Å². The molecular formula is C27H33N3O5. The molecule has 186 valence electrons. The number of nitrogens with zero attached hydrogens (tertiary/aromatic N) is 2. The predicted octanol–water partition coefficient (Wildman–Crippen LogP) is 3.04. The Kier molecular flexibility index (Phi) is 7.58. The summed E-state index contributed by atoms with van der Waals surface area (Å²) in [5.74, 6) is 0.595. The van der Waals surface area contributed by atoms with E-state index < -0.39 is 0 Å². The summed E-state index contributed by atoms with van der Waals surface area (Å²) in [6, 6.07) is 13.0. The molecule has 0 radical (unpaired) electrons. The lowest BCUT2D eigenvalue weighted by Gasteiger charge is -2.33. The van der Waals surface area contributed by atoms with Crippen molar-refractivity contribution < 1.29 is 23.9 Å². The quantitative estimate of drug-likeness (QED) is 0.660.